The quantitative estimate of drug-likeness (QED) is 0.642. The predicted molar refractivity (Wildman–Crippen MR) is 57.5 cm³/mol. The van der Waals surface area contributed by atoms with Gasteiger partial charge in [-0.05, 0) is 13.3 Å². The molecule has 0 radical (unpaired) electrons. The minimum absolute atomic E-state index is 0.0883. The van der Waals surface area contributed by atoms with E-state index in [0.717, 1.165) is 12.2 Å². The lowest BCUT2D eigenvalue weighted by atomic mass is 9.98. The molecule has 0 aromatic heterocycles. The number of esters is 1. The van der Waals surface area contributed by atoms with Crippen molar-refractivity contribution in [3.05, 3.63) is 11.3 Å². The number of hydrogen-bond donors (Lipinski definition) is 0. The Kier molecular flexibility index (Phi) is 2.70. The van der Waals surface area contributed by atoms with Crippen LogP contribution in [0.5, 0.6) is 0 Å². The van der Waals surface area contributed by atoms with Gasteiger partial charge in [0.25, 0.3) is 0 Å². The fourth-order valence-corrected chi connectivity index (χ4v) is 2.19. The summed E-state index contributed by atoms with van der Waals surface area (Å²) in [5.41, 5.74) is 0.569. The first-order chi connectivity index (χ1) is 7.43. The van der Waals surface area contributed by atoms with E-state index in [1.165, 1.54) is 0 Å². The van der Waals surface area contributed by atoms with Gasteiger partial charge in [-0.15, -0.1) is 0 Å². The van der Waals surface area contributed by atoms with Crippen LogP contribution in [0.2, 0.25) is 0 Å². The molecule has 0 unspecified atom stereocenters. The SMILES string of the molecule is CC[C@H]1O[C@H](C)CC2=C1C(=O)OC(C)(C)O2. The van der Waals surface area contributed by atoms with Gasteiger partial charge >= 0.3 is 5.97 Å². The number of rotatable bonds is 1. The molecule has 0 spiro atoms. The summed E-state index contributed by atoms with van der Waals surface area (Å²) in [6.07, 6.45) is 1.29. The van der Waals surface area contributed by atoms with E-state index >= 15 is 0 Å². The van der Waals surface area contributed by atoms with Crippen LogP contribution in [0.15, 0.2) is 11.3 Å². The Balaban J connectivity index is 2.36. The number of hydrogen-bond acceptors (Lipinski definition) is 4. The van der Waals surface area contributed by atoms with Crippen molar-refractivity contribution in [2.24, 2.45) is 0 Å². The molecular weight excluding hydrogens is 208 g/mol. The van der Waals surface area contributed by atoms with Gasteiger partial charge in [-0.25, -0.2) is 4.79 Å². The van der Waals surface area contributed by atoms with Crippen molar-refractivity contribution in [1.29, 1.82) is 0 Å². The Morgan fingerprint density at radius 3 is 2.69 bits per heavy atom. The average molecular weight is 226 g/mol. The third kappa shape index (κ3) is 1.94. The fraction of sp³-hybridized carbons (Fsp3) is 0.750. The average Bonchev–Trinajstić information content (AvgIpc) is 2.13. The lowest BCUT2D eigenvalue weighted by molar-refractivity contribution is -0.216. The molecule has 90 valence electrons. The van der Waals surface area contributed by atoms with Crippen molar-refractivity contribution in [2.75, 3.05) is 0 Å². The third-order valence-electron chi connectivity index (χ3n) is 2.79. The molecule has 16 heavy (non-hydrogen) atoms. The molecule has 0 aromatic carbocycles. The standard InChI is InChI=1S/C12H18O4/c1-5-8-10-9(6-7(2)14-8)15-12(3,4)16-11(10)13/h7-8H,5-6H2,1-4H3/t7-,8-/m1/s1. The van der Waals surface area contributed by atoms with E-state index in [4.69, 9.17) is 14.2 Å². The number of ether oxygens (including phenoxy) is 3. The minimum Gasteiger partial charge on any atom is -0.456 e. The van der Waals surface area contributed by atoms with E-state index in [1.54, 1.807) is 13.8 Å². The molecule has 2 aliphatic heterocycles. The van der Waals surface area contributed by atoms with Gasteiger partial charge in [0.05, 0.1) is 12.2 Å². The second-order valence-corrected chi connectivity index (χ2v) is 4.78. The van der Waals surface area contributed by atoms with Crippen LogP contribution in [0, 0.1) is 0 Å². The lowest BCUT2D eigenvalue weighted by Crippen LogP contribution is -2.43. The van der Waals surface area contributed by atoms with Gasteiger partial charge in [0.15, 0.2) is 0 Å². The highest BCUT2D eigenvalue weighted by Gasteiger charge is 2.42. The summed E-state index contributed by atoms with van der Waals surface area (Å²) >= 11 is 0. The van der Waals surface area contributed by atoms with Crippen molar-refractivity contribution in [2.45, 2.75) is 58.5 Å². The molecule has 4 heteroatoms. The molecule has 0 fully saturated rings. The van der Waals surface area contributed by atoms with Gasteiger partial charge in [0.1, 0.15) is 11.3 Å². The molecule has 2 rings (SSSR count). The van der Waals surface area contributed by atoms with Gasteiger partial charge in [-0.1, -0.05) is 6.92 Å². The zero-order chi connectivity index (χ0) is 11.9. The normalized spacial score (nSPS) is 32.9. The summed E-state index contributed by atoms with van der Waals surface area (Å²) in [5, 5.41) is 0. The largest absolute Gasteiger partial charge is 0.456 e. The van der Waals surface area contributed by atoms with Crippen molar-refractivity contribution in [1.82, 2.24) is 0 Å². The maximum atomic E-state index is 11.9. The van der Waals surface area contributed by atoms with Crippen LogP contribution in [0.1, 0.15) is 40.5 Å². The molecule has 0 saturated heterocycles. The van der Waals surface area contributed by atoms with E-state index in [-0.39, 0.29) is 18.2 Å². The zero-order valence-electron chi connectivity index (χ0n) is 10.2. The monoisotopic (exact) mass is 226 g/mol. The van der Waals surface area contributed by atoms with Gasteiger partial charge in [-0.3, -0.25) is 0 Å². The van der Waals surface area contributed by atoms with E-state index in [1.807, 2.05) is 13.8 Å². The molecule has 2 aliphatic rings. The first kappa shape index (κ1) is 11.5. The van der Waals surface area contributed by atoms with Crippen molar-refractivity contribution in [3.8, 4) is 0 Å². The van der Waals surface area contributed by atoms with Gasteiger partial charge in [-0.2, -0.15) is 0 Å². The lowest BCUT2D eigenvalue weighted by Gasteiger charge is -2.39. The minimum atomic E-state index is -0.856. The summed E-state index contributed by atoms with van der Waals surface area (Å²) in [6, 6.07) is 0. The second-order valence-electron chi connectivity index (χ2n) is 4.78. The van der Waals surface area contributed by atoms with Crippen molar-refractivity contribution >= 4 is 5.97 Å². The summed E-state index contributed by atoms with van der Waals surface area (Å²) in [4.78, 5) is 11.9. The molecule has 0 N–H and O–H groups in total. The van der Waals surface area contributed by atoms with Crippen molar-refractivity contribution in [3.63, 3.8) is 0 Å². The molecule has 2 atom stereocenters. The highest BCUT2D eigenvalue weighted by molar-refractivity contribution is 5.91. The van der Waals surface area contributed by atoms with Crippen LogP contribution in [0.3, 0.4) is 0 Å². The number of carbonyl (C=O) groups excluding carboxylic acids is 1. The summed E-state index contributed by atoms with van der Waals surface area (Å²) < 4.78 is 16.6. The fourth-order valence-electron chi connectivity index (χ4n) is 2.19. The van der Waals surface area contributed by atoms with Gasteiger partial charge in [0.2, 0.25) is 5.79 Å². The smallest absolute Gasteiger partial charge is 0.343 e. The van der Waals surface area contributed by atoms with Gasteiger partial charge < -0.3 is 14.2 Å². The topological polar surface area (TPSA) is 44.8 Å². The second kappa shape index (κ2) is 3.77. The highest BCUT2D eigenvalue weighted by atomic mass is 16.7. The summed E-state index contributed by atoms with van der Waals surface area (Å²) in [5.74, 6) is -0.414. The Labute approximate surface area is 95.6 Å². The molecule has 0 aliphatic carbocycles. The van der Waals surface area contributed by atoms with E-state index in [2.05, 4.69) is 0 Å². The summed E-state index contributed by atoms with van der Waals surface area (Å²) in [6.45, 7) is 7.47. The molecule has 4 nitrogen and oxygen atoms in total. The van der Waals surface area contributed by atoms with E-state index < -0.39 is 5.79 Å². The van der Waals surface area contributed by atoms with Crippen LogP contribution in [0.4, 0.5) is 0 Å². The Hall–Kier alpha value is -1.03. The zero-order valence-corrected chi connectivity index (χ0v) is 10.2. The van der Waals surface area contributed by atoms with Crippen LogP contribution in [-0.2, 0) is 19.0 Å². The Morgan fingerprint density at radius 2 is 2.06 bits per heavy atom. The maximum Gasteiger partial charge on any atom is 0.343 e. The summed E-state index contributed by atoms with van der Waals surface area (Å²) in [7, 11) is 0. The van der Waals surface area contributed by atoms with Crippen LogP contribution < -0.4 is 0 Å². The Morgan fingerprint density at radius 1 is 1.38 bits per heavy atom. The van der Waals surface area contributed by atoms with E-state index in [0.29, 0.717) is 12.0 Å². The highest BCUT2D eigenvalue weighted by Crippen LogP contribution is 2.36. The van der Waals surface area contributed by atoms with E-state index in [9.17, 15) is 4.79 Å². The molecule has 0 bridgehead atoms. The molecule has 0 saturated carbocycles. The Bertz CT molecular complexity index is 343. The first-order valence-corrected chi connectivity index (χ1v) is 5.74. The van der Waals surface area contributed by atoms with Crippen LogP contribution in [0.25, 0.3) is 0 Å². The number of cyclic esters (lactones) is 1. The molecular formula is C12H18O4. The maximum absolute atomic E-state index is 11.9. The molecule has 0 amide bonds. The van der Waals surface area contributed by atoms with Gasteiger partial charge in [0, 0.05) is 20.3 Å². The number of carbonyl (C=O) groups is 1. The van der Waals surface area contributed by atoms with Crippen LogP contribution >= 0.6 is 0 Å². The third-order valence-corrected chi connectivity index (χ3v) is 2.79. The van der Waals surface area contributed by atoms with Crippen LogP contribution in [-0.4, -0.2) is 24.0 Å². The molecule has 2 heterocycles. The first-order valence-electron chi connectivity index (χ1n) is 5.74. The molecule has 0 aromatic rings. The van der Waals surface area contributed by atoms with Crippen molar-refractivity contribution < 1.29 is 19.0 Å². The predicted octanol–water partition coefficient (Wildman–Crippen LogP) is 2.14.